The number of carbonyl (C=O) groups excluding carboxylic acids is 1. The number of nitrogens with zero attached hydrogens (tertiary/aromatic N) is 4. The van der Waals surface area contributed by atoms with E-state index in [2.05, 4.69) is 20.9 Å². The molecule has 5 aromatic carbocycles. The molecular weight excluding hydrogens is 675 g/mol. The lowest BCUT2D eigenvalue weighted by atomic mass is 9.81. The van der Waals surface area contributed by atoms with Crippen molar-refractivity contribution >= 4 is 45.8 Å². The summed E-state index contributed by atoms with van der Waals surface area (Å²) in [5.41, 5.74) is 17.2. The van der Waals surface area contributed by atoms with E-state index in [4.69, 9.17) is 48.3 Å². The Balaban J connectivity index is 1.41. The van der Waals surface area contributed by atoms with Gasteiger partial charge in [-0.1, -0.05) is 101 Å². The van der Waals surface area contributed by atoms with Gasteiger partial charge in [0.25, 0.3) is 5.91 Å². The van der Waals surface area contributed by atoms with Gasteiger partial charge in [0.15, 0.2) is 11.6 Å². The van der Waals surface area contributed by atoms with Gasteiger partial charge in [-0.2, -0.15) is 0 Å². The van der Waals surface area contributed by atoms with Crippen molar-refractivity contribution in [2.45, 2.75) is 37.6 Å². The number of benzene rings is 5. The fourth-order valence-electron chi connectivity index (χ4n) is 6.03. The molecule has 0 radical (unpaired) electrons. The quantitative estimate of drug-likeness (QED) is 0.0352. The lowest BCUT2D eigenvalue weighted by molar-refractivity contribution is -0.130. The minimum atomic E-state index is -1.58. The molecule has 12 heteroatoms. The van der Waals surface area contributed by atoms with Crippen molar-refractivity contribution in [2.75, 3.05) is 13.2 Å². The Morgan fingerprint density at radius 2 is 1.70 bits per heavy atom. The van der Waals surface area contributed by atoms with E-state index in [-0.39, 0.29) is 25.5 Å². The van der Waals surface area contributed by atoms with Gasteiger partial charge in [0.1, 0.15) is 5.75 Å². The Morgan fingerprint density at radius 3 is 2.48 bits per heavy atom. The highest BCUT2D eigenvalue weighted by Crippen LogP contribution is 2.45. The fraction of sp³-hybridized carbons (Fsp3) is 0.211. The van der Waals surface area contributed by atoms with Gasteiger partial charge in [-0.3, -0.25) is 10.2 Å². The minimum Gasteiger partial charge on any atom is -0.494 e. The maximum atomic E-state index is 14.7. The summed E-state index contributed by atoms with van der Waals surface area (Å²) >= 11 is 13.1. The van der Waals surface area contributed by atoms with Gasteiger partial charge in [-0.05, 0) is 69.4 Å². The van der Waals surface area contributed by atoms with Crippen LogP contribution in [0.15, 0.2) is 119 Å². The van der Waals surface area contributed by atoms with E-state index < -0.39 is 17.6 Å². The predicted molar refractivity (Wildman–Crippen MR) is 195 cm³/mol. The molecule has 0 unspecified atom stereocenters. The zero-order valence-electron chi connectivity index (χ0n) is 26.9. The summed E-state index contributed by atoms with van der Waals surface area (Å²) in [4.78, 5) is 22.8. The Kier molecular flexibility index (Phi) is 11.2. The van der Waals surface area contributed by atoms with Crippen molar-refractivity contribution in [2.24, 2.45) is 10.1 Å². The zero-order chi connectivity index (χ0) is 34.9. The fourth-order valence-corrected chi connectivity index (χ4v) is 6.54. The molecule has 50 heavy (non-hydrogen) atoms. The smallest absolute Gasteiger partial charge is 0.266 e. The largest absolute Gasteiger partial charge is 0.494 e. The van der Waals surface area contributed by atoms with Crippen molar-refractivity contribution in [3.63, 3.8) is 0 Å². The number of ether oxygens (including phenoxy) is 2. The van der Waals surface area contributed by atoms with Crippen LogP contribution in [-0.4, -0.2) is 35.7 Å². The summed E-state index contributed by atoms with van der Waals surface area (Å²) in [6.07, 6.45) is -0.384. The average molecular weight is 710 g/mol. The lowest BCUT2D eigenvalue weighted by Gasteiger charge is -2.32. The van der Waals surface area contributed by atoms with Gasteiger partial charge in [0.05, 0.1) is 13.2 Å². The molecule has 3 N–H and O–H groups in total. The van der Waals surface area contributed by atoms with Gasteiger partial charge in [-0.15, -0.1) is 0 Å². The molecule has 6 rings (SSSR count). The SMILES string of the molecule is [N-]=[N+]=NCc1ccccc1C[C@]1(C(=O)NNCc2cccc3ccccc23)N=C(c2ccc(OCCCO)cc2)O[C@H]1c1ccc(Cl)cc1Cl. The molecule has 5 aromatic rings. The number of hydrogen-bond acceptors (Lipinski definition) is 7. The first kappa shape index (κ1) is 34.8. The van der Waals surface area contributed by atoms with Crippen LogP contribution in [-0.2, 0) is 29.0 Å². The van der Waals surface area contributed by atoms with E-state index in [1.165, 1.54) is 0 Å². The van der Waals surface area contributed by atoms with Crippen molar-refractivity contribution in [3.05, 3.63) is 157 Å². The number of carbonyl (C=O) groups is 1. The molecular formula is C38H34Cl2N6O4. The van der Waals surface area contributed by atoms with Gasteiger partial charge < -0.3 is 14.6 Å². The van der Waals surface area contributed by atoms with E-state index in [1.54, 1.807) is 42.5 Å². The van der Waals surface area contributed by atoms with Crippen LogP contribution in [0.4, 0.5) is 0 Å². The van der Waals surface area contributed by atoms with Crippen molar-refractivity contribution < 1.29 is 19.4 Å². The van der Waals surface area contributed by atoms with Crippen LogP contribution >= 0.6 is 23.2 Å². The molecule has 2 atom stereocenters. The second-order valence-corrected chi connectivity index (χ2v) is 12.6. The third-order valence-electron chi connectivity index (χ3n) is 8.52. The zero-order valence-corrected chi connectivity index (χ0v) is 28.4. The minimum absolute atomic E-state index is 0.0321. The van der Waals surface area contributed by atoms with E-state index in [0.29, 0.717) is 46.5 Å². The molecule has 0 aliphatic carbocycles. The van der Waals surface area contributed by atoms with Crippen LogP contribution in [0.25, 0.3) is 21.2 Å². The van der Waals surface area contributed by atoms with E-state index in [9.17, 15) is 4.79 Å². The molecule has 254 valence electrons. The van der Waals surface area contributed by atoms with E-state index in [1.807, 2.05) is 66.7 Å². The second-order valence-electron chi connectivity index (χ2n) is 11.7. The number of hydrazine groups is 1. The first-order valence-electron chi connectivity index (χ1n) is 16.0. The topological polar surface area (TPSA) is 141 Å². The monoisotopic (exact) mass is 708 g/mol. The standard InChI is InChI=1S/C38H34Cl2N6O4/c39-30-15-18-33(34(40)21-30)35-38(22-27-8-1-2-9-28(27)23-43-46-41,44-36(50-35)26-13-16-31(17-14-26)49-20-6-19-47)37(48)45-42-24-29-11-5-10-25-7-3-4-12-32(25)29/h1-5,7-18,21,35,42,47H,6,19-20,22-24H2,(H,45,48)/t35-,38-/m0/s1. The highest BCUT2D eigenvalue weighted by Gasteiger charge is 2.54. The molecule has 0 saturated carbocycles. The van der Waals surface area contributed by atoms with Crippen molar-refractivity contribution in [3.8, 4) is 5.75 Å². The molecule has 1 aliphatic heterocycles. The molecule has 0 spiro atoms. The Morgan fingerprint density at radius 1 is 0.960 bits per heavy atom. The number of aliphatic hydroxyl groups excluding tert-OH is 1. The number of aliphatic hydroxyl groups is 1. The molecule has 1 heterocycles. The number of amides is 1. The van der Waals surface area contributed by atoms with Crippen LogP contribution in [0.2, 0.25) is 10.0 Å². The number of fused-ring (bicyclic) bond motifs is 1. The molecule has 1 amide bonds. The summed E-state index contributed by atoms with van der Waals surface area (Å²) in [6, 6.07) is 33.7. The Bertz CT molecular complexity index is 2060. The highest BCUT2D eigenvalue weighted by atomic mass is 35.5. The Hall–Kier alpha value is -5.09. The number of rotatable bonds is 14. The van der Waals surface area contributed by atoms with Crippen LogP contribution in [0.5, 0.6) is 5.75 Å². The van der Waals surface area contributed by atoms with Crippen LogP contribution in [0, 0.1) is 0 Å². The predicted octanol–water partition coefficient (Wildman–Crippen LogP) is 8.04. The average Bonchev–Trinajstić information content (AvgIpc) is 3.51. The molecule has 0 bridgehead atoms. The number of halogens is 2. The maximum absolute atomic E-state index is 14.7. The van der Waals surface area contributed by atoms with Gasteiger partial charge in [-0.25, -0.2) is 10.4 Å². The third-order valence-corrected chi connectivity index (χ3v) is 9.08. The lowest BCUT2D eigenvalue weighted by Crippen LogP contribution is -2.53. The number of azide groups is 1. The highest BCUT2D eigenvalue weighted by molar-refractivity contribution is 6.35. The molecule has 0 aromatic heterocycles. The molecule has 10 nitrogen and oxygen atoms in total. The first-order chi connectivity index (χ1) is 24.4. The first-order valence-corrected chi connectivity index (χ1v) is 16.8. The van der Waals surface area contributed by atoms with Crippen LogP contribution < -0.4 is 15.6 Å². The van der Waals surface area contributed by atoms with E-state index >= 15 is 0 Å². The third kappa shape index (κ3) is 7.70. The molecule has 0 fully saturated rings. The second kappa shape index (κ2) is 16.1. The van der Waals surface area contributed by atoms with Crippen LogP contribution in [0.1, 0.15) is 40.3 Å². The molecule has 0 saturated heterocycles. The summed E-state index contributed by atoms with van der Waals surface area (Å²) in [5.74, 6) is 0.401. The normalized spacial score (nSPS) is 16.7. The van der Waals surface area contributed by atoms with Gasteiger partial charge in [0.2, 0.25) is 5.90 Å². The summed E-state index contributed by atoms with van der Waals surface area (Å²) in [5, 5.41) is 15.8. The van der Waals surface area contributed by atoms with E-state index in [0.717, 1.165) is 27.5 Å². The van der Waals surface area contributed by atoms with Gasteiger partial charge >= 0.3 is 0 Å². The van der Waals surface area contributed by atoms with Crippen molar-refractivity contribution in [1.82, 2.24) is 10.9 Å². The number of hydrogen-bond donors (Lipinski definition) is 3. The summed E-state index contributed by atoms with van der Waals surface area (Å²) in [7, 11) is 0. The number of aliphatic imine (C=N–C) groups is 1. The molecule has 1 aliphatic rings. The number of nitrogens with one attached hydrogen (secondary N) is 2. The van der Waals surface area contributed by atoms with Crippen LogP contribution in [0.3, 0.4) is 0 Å². The van der Waals surface area contributed by atoms with Crippen molar-refractivity contribution in [1.29, 1.82) is 0 Å². The summed E-state index contributed by atoms with van der Waals surface area (Å²) in [6.45, 7) is 0.836. The summed E-state index contributed by atoms with van der Waals surface area (Å²) < 4.78 is 12.3. The maximum Gasteiger partial charge on any atom is 0.266 e. The van der Waals surface area contributed by atoms with Gasteiger partial charge in [0, 0.05) is 52.1 Å². The Labute approximate surface area is 299 Å².